The highest BCUT2D eigenvalue weighted by molar-refractivity contribution is 8.45. The molecule has 6 rings (SSSR count). The SMILES string of the molecule is CCC1COCCC12OC(c1ccc(S(F)(F)(F)(F)F)cc1)c1c(C(C)C)nc3c(c12)C(O[Si](C)(C)C(C)(C)C)CC1(CCC1)C3. The van der Waals surface area contributed by atoms with Gasteiger partial charge in [-0.05, 0) is 84.8 Å². The minimum Gasteiger partial charge on any atom is -0.410 e. The summed E-state index contributed by atoms with van der Waals surface area (Å²) in [5.41, 5.74) is 4.81. The number of nitrogens with zero attached hydrogens (tertiary/aromatic N) is 1. The van der Waals surface area contributed by atoms with Gasteiger partial charge in [0.05, 0.1) is 12.7 Å². The standard InChI is InChI=1S/C35H50F5NO3SSi/c1-9-24-21-42-18-17-35(24)30-28-26(19-34(15-10-16-34)20-27(28)44-46(7,8)33(4,5)6)41-31(22(2)3)29(30)32(43-35)23-11-13-25(14-12-23)45(36,37,38,39)40/h11-14,22,24,27,32H,9-10,15-21H2,1-8H3. The normalized spacial score (nSPS) is 29.3. The summed E-state index contributed by atoms with van der Waals surface area (Å²) in [7, 11) is -12.1. The largest absolute Gasteiger partial charge is 0.410 e. The molecule has 0 N–H and O–H groups in total. The second kappa shape index (κ2) is 10.2. The number of hydrogen-bond donors (Lipinski definition) is 0. The molecule has 1 aromatic carbocycles. The zero-order chi connectivity index (χ0) is 33.8. The second-order valence-corrected chi connectivity index (χ2v) is 23.4. The van der Waals surface area contributed by atoms with Crippen molar-refractivity contribution in [2.75, 3.05) is 13.2 Å². The van der Waals surface area contributed by atoms with E-state index in [2.05, 4.69) is 54.6 Å². The van der Waals surface area contributed by atoms with Gasteiger partial charge in [0.1, 0.15) is 16.6 Å². The molecule has 1 aromatic heterocycles. The molecule has 0 bridgehead atoms. The highest BCUT2D eigenvalue weighted by Crippen LogP contribution is 3.02. The van der Waals surface area contributed by atoms with Gasteiger partial charge in [-0.3, -0.25) is 4.98 Å². The third-order valence-corrected chi connectivity index (χ3v) is 17.4. The van der Waals surface area contributed by atoms with E-state index in [1.807, 2.05) is 0 Å². The summed E-state index contributed by atoms with van der Waals surface area (Å²) in [6.45, 7) is 18.6. The summed E-state index contributed by atoms with van der Waals surface area (Å²) in [5, 5.41) is -0.0160. The highest BCUT2D eigenvalue weighted by Gasteiger charge is 2.65. The van der Waals surface area contributed by atoms with E-state index in [9.17, 15) is 19.4 Å². The predicted molar refractivity (Wildman–Crippen MR) is 176 cm³/mol. The third-order valence-electron chi connectivity index (χ3n) is 11.8. The molecule has 2 aliphatic heterocycles. The minimum atomic E-state index is -9.84. The Morgan fingerprint density at radius 1 is 1.02 bits per heavy atom. The molecule has 4 unspecified atom stereocenters. The van der Waals surface area contributed by atoms with Gasteiger partial charge in [-0.1, -0.05) is 79.5 Å². The maximum atomic E-state index is 13.7. The molecule has 4 aliphatic rings. The number of benzene rings is 1. The Morgan fingerprint density at radius 2 is 1.67 bits per heavy atom. The van der Waals surface area contributed by atoms with Crippen LogP contribution in [-0.2, 0) is 25.9 Å². The Balaban J connectivity index is 1.62. The fourth-order valence-corrected chi connectivity index (χ4v) is 10.0. The van der Waals surface area contributed by atoms with Gasteiger partial charge in [0.2, 0.25) is 0 Å². The van der Waals surface area contributed by atoms with Gasteiger partial charge >= 0.3 is 10.2 Å². The molecule has 2 aliphatic carbocycles. The number of halogens is 5. The number of aromatic nitrogens is 1. The van der Waals surface area contributed by atoms with Crippen LogP contribution in [0.15, 0.2) is 29.2 Å². The van der Waals surface area contributed by atoms with Gasteiger partial charge in [0.25, 0.3) is 0 Å². The van der Waals surface area contributed by atoms with Crippen molar-refractivity contribution in [1.29, 1.82) is 0 Å². The molecule has 4 atom stereocenters. The van der Waals surface area contributed by atoms with Crippen LogP contribution in [0, 0.1) is 11.3 Å². The maximum absolute atomic E-state index is 13.7. The Bertz CT molecular complexity index is 1520. The molecule has 11 heteroatoms. The molecule has 0 radical (unpaired) electrons. The highest BCUT2D eigenvalue weighted by atomic mass is 32.5. The Kier molecular flexibility index (Phi) is 7.65. The fourth-order valence-electron chi connectivity index (χ4n) is 8.12. The molecular formula is C35H50F5NO3SSi. The first-order valence-electron chi connectivity index (χ1n) is 16.9. The lowest BCUT2D eigenvalue weighted by Gasteiger charge is -2.52. The molecule has 3 heterocycles. The quantitative estimate of drug-likeness (QED) is 0.224. The van der Waals surface area contributed by atoms with E-state index in [1.165, 1.54) is 6.42 Å². The Hall–Kier alpha value is -1.53. The van der Waals surface area contributed by atoms with E-state index >= 15 is 0 Å². The number of rotatable bonds is 6. The summed E-state index contributed by atoms with van der Waals surface area (Å²) in [4.78, 5) is 3.52. The average molecular weight is 688 g/mol. The summed E-state index contributed by atoms with van der Waals surface area (Å²) in [6.07, 6.45) is 5.71. The second-order valence-electron chi connectivity index (χ2n) is 16.3. The summed E-state index contributed by atoms with van der Waals surface area (Å²) >= 11 is 0. The molecule has 0 amide bonds. The van der Waals surface area contributed by atoms with Crippen molar-refractivity contribution in [3.05, 3.63) is 57.9 Å². The molecule has 46 heavy (non-hydrogen) atoms. The Morgan fingerprint density at radius 3 is 2.20 bits per heavy atom. The van der Waals surface area contributed by atoms with Crippen molar-refractivity contribution in [1.82, 2.24) is 4.98 Å². The van der Waals surface area contributed by atoms with Crippen molar-refractivity contribution < 1.29 is 33.3 Å². The van der Waals surface area contributed by atoms with E-state index in [-0.39, 0.29) is 28.4 Å². The lowest BCUT2D eigenvalue weighted by atomic mass is 9.58. The van der Waals surface area contributed by atoms with Crippen LogP contribution in [-0.4, -0.2) is 26.5 Å². The molecule has 1 saturated heterocycles. The maximum Gasteiger partial charge on any atom is 0.310 e. The van der Waals surface area contributed by atoms with E-state index in [0.29, 0.717) is 37.3 Å². The molecule has 2 aromatic rings. The molecule has 2 fully saturated rings. The van der Waals surface area contributed by atoms with Crippen molar-refractivity contribution >= 4 is 18.5 Å². The van der Waals surface area contributed by atoms with Crippen LogP contribution in [0.2, 0.25) is 18.1 Å². The summed E-state index contributed by atoms with van der Waals surface area (Å²) in [6, 6.07) is 3.35. The number of hydrogen-bond acceptors (Lipinski definition) is 4. The fraction of sp³-hybridized carbons (Fsp3) is 0.686. The first-order chi connectivity index (χ1) is 21.0. The van der Waals surface area contributed by atoms with Gasteiger partial charge in [-0.2, -0.15) is 0 Å². The first-order valence-corrected chi connectivity index (χ1v) is 21.7. The number of fused-ring (bicyclic) bond motifs is 4. The average Bonchev–Trinajstić information content (AvgIpc) is 3.24. The topological polar surface area (TPSA) is 40.6 Å². The first kappa shape index (κ1) is 34.3. The third kappa shape index (κ3) is 5.67. The van der Waals surface area contributed by atoms with E-state index in [1.54, 1.807) is 0 Å². The zero-order valence-electron chi connectivity index (χ0n) is 28.5. The van der Waals surface area contributed by atoms with Crippen molar-refractivity contribution in [2.24, 2.45) is 11.3 Å². The van der Waals surface area contributed by atoms with Crippen LogP contribution < -0.4 is 0 Å². The van der Waals surface area contributed by atoms with Crippen LogP contribution in [0.4, 0.5) is 19.4 Å². The molecule has 2 spiro atoms. The lowest BCUT2D eigenvalue weighted by Crippen LogP contribution is -2.48. The number of pyridine rings is 1. The van der Waals surface area contributed by atoms with Crippen LogP contribution in [0.1, 0.15) is 132 Å². The molecule has 4 nitrogen and oxygen atoms in total. The summed E-state index contributed by atoms with van der Waals surface area (Å²) < 4.78 is 89.2. The van der Waals surface area contributed by atoms with E-state index < -0.39 is 35.1 Å². The van der Waals surface area contributed by atoms with E-state index in [4.69, 9.17) is 18.9 Å². The van der Waals surface area contributed by atoms with Gasteiger partial charge in [0.15, 0.2) is 8.32 Å². The van der Waals surface area contributed by atoms with Crippen LogP contribution in [0.5, 0.6) is 0 Å². The zero-order valence-corrected chi connectivity index (χ0v) is 30.3. The van der Waals surface area contributed by atoms with E-state index in [0.717, 1.165) is 72.3 Å². The van der Waals surface area contributed by atoms with Crippen molar-refractivity contribution in [2.45, 2.75) is 133 Å². The van der Waals surface area contributed by atoms with Gasteiger partial charge in [-0.15, -0.1) is 0 Å². The number of ether oxygens (including phenoxy) is 2. The monoisotopic (exact) mass is 687 g/mol. The molecular weight excluding hydrogens is 638 g/mol. The molecule has 1 saturated carbocycles. The van der Waals surface area contributed by atoms with Gasteiger partial charge < -0.3 is 13.9 Å². The van der Waals surface area contributed by atoms with Crippen LogP contribution in [0.3, 0.4) is 0 Å². The minimum absolute atomic E-state index is 0.00297. The predicted octanol–water partition coefficient (Wildman–Crippen LogP) is 11.8. The van der Waals surface area contributed by atoms with Crippen LogP contribution in [0.25, 0.3) is 0 Å². The Labute approximate surface area is 272 Å². The summed E-state index contributed by atoms with van der Waals surface area (Å²) in [5.74, 6) is -0.00296. The smallest absolute Gasteiger partial charge is 0.310 e. The van der Waals surface area contributed by atoms with Gasteiger partial charge in [-0.25, -0.2) is 0 Å². The van der Waals surface area contributed by atoms with Crippen molar-refractivity contribution in [3.8, 4) is 0 Å². The van der Waals surface area contributed by atoms with Crippen molar-refractivity contribution in [3.63, 3.8) is 0 Å². The molecule has 258 valence electrons. The van der Waals surface area contributed by atoms with Gasteiger partial charge in [0, 0.05) is 41.5 Å². The van der Waals surface area contributed by atoms with Crippen LogP contribution >= 0.6 is 10.2 Å². The lowest BCUT2D eigenvalue weighted by molar-refractivity contribution is -0.163.